The van der Waals surface area contributed by atoms with Crippen LogP contribution >= 0.6 is 0 Å². The third kappa shape index (κ3) is 3.42. The van der Waals surface area contributed by atoms with Crippen LogP contribution in [-0.2, 0) is 17.2 Å². The minimum atomic E-state index is -1.28. The van der Waals surface area contributed by atoms with Gasteiger partial charge in [-0.1, -0.05) is 49.4 Å². The van der Waals surface area contributed by atoms with E-state index in [4.69, 9.17) is 0 Å². The molecule has 0 radical (unpaired) electrons. The van der Waals surface area contributed by atoms with E-state index < -0.39 is 10.8 Å². The molecule has 0 fully saturated rings. The summed E-state index contributed by atoms with van der Waals surface area (Å²) in [6.07, 6.45) is 0.948. The molecule has 1 atom stereocenters. The summed E-state index contributed by atoms with van der Waals surface area (Å²) >= 11 is 0. The van der Waals surface area contributed by atoms with Gasteiger partial charge in [0.05, 0.1) is 16.6 Å². The Kier molecular flexibility index (Phi) is 4.85. The van der Waals surface area contributed by atoms with Crippen LogP contribution in [0.2, 0.25) is 0 Å². The van der Waals surface area contributed by atoms with Crippen molar-refractivity contribution in [1.29, 1.82) is 0 Å². The molecule has 2 nitrogen and oxygen atoms in total. The van der Waals surface area contributed by atoms with Crippen LogP contribution in [-0.4, -0.2) is 15.7 Å². The molecule has 0 aliphatic rings. The second kappa shape index (κ2) is 6.62. The molecule has 1 unspecified atom stereocenters. The van der Waals surface area contributed by atoms with Gasteiger partial charge < -0.3 is 0 Å². The summed E-state index contributed by atoms with van der Waals surface area (Å²) in [7, 11) is -1.28. The molecule has 0 aliphatic heterocycles. The highest BCUT2D eigenvalue weighted by Gasteiger charge is 2.13. The minimum Gasteiger partial charge on any atom is -0.293 e. The maximum absolute atomic E-state index is 12.3. The van der Waals surface area contributed by atoms with Crippen molar-refractivity contribution in [3.8, 4) is 0 Å². The molecule has 0 aliphatic carbocycles. The highest BCUT2D eigenvalue weighted by Crippen LogP contribution is 2.14. The number of ketones is 1. The lowest BCUT2D eigenvalue weighted by molar-refractivity contribution is 0.102. The van der Waals surface area contributed by atoms with Gasteiger partial charge in [0.15, 0.2) is 5.78 Å². The SMILES string of the molecule is CCc1ccc(C(=O)CS(=O)c2ccccc2C)cc1. The molecule has 2 aromatic carbocycles. The van der Waals surface area contributed by atoms with Crippen LogP contribution in [0.3, 0.4) is 0 Å². The van der Waals surface area contributed by atoms with Crippen molar-refractivity contribution in [3.05, 3.63) is 65.2 Å². The van der Waals surface area contributed by atoms with Crippen molar-refractivity contribution in [2.75, 3.05) is 5.75 Å². The van der Waals surface area contributed by atoms with Crippen LogP contribution in [0.4, 0.5) is 0 Å². The van der Waals surface area contributed by atoms with Crippen LogP contribution in [0.5, 0.6) is 0 Å². The fourth-order valence-electron chi connectivity index (χ4n) is 2.02. The largest absolute Gasteiger partial charge is 0.293 e. The van der Waals surface area contributed by atoms with Gasteiger partial charge in [-0.2, -0.15) is 0 Å². The first kappa shape index (κ1) is 14.7. The molecule has 0 amide bonds. The lowest BCUT2D eigenvalue weighted by atomic mass is 10.1. The van der Waals surface area contributed by atoms with Crippen molar-refractivity contribution in [2.45, 2.75) is 25.2 Å². The molecule has 0 heterocycles. The Labute approximate surface area is 122 Å². The highest BCUT2D eigenvalue weighted by molar-refractivity contribution is 7.85. The van der Waals surface area contributed by atoms with Crippen molar-refractivity contribution >= 4 is 16.6 Å². The van der Waals surface area contributed by atoms with Gasteiger partial charge in [0.1, 0.15) is 0 Å². The normalized spacial score (nSPS) is 12.1. The zero-order valence-corrected chi connectivity index (χ0v) is 12.6. The van der Waals surface area contributed by atoms with Crippen LogP contribution < -0.4 is 0 Å². The summed E-state index contributed by atoms with van der Waals surface area (Å²) in [4.78, 5) is 12.9. The Morgan fingerprint density at radius 2 is 1.70 bits per heavy atom. The Morgan fingerprint density at radius 1 is 1.05 bits per heavy atom. The van der Waals surface area contributed by atoms with E-state index in [9.17, 15) is 9.00 Å². The Hall–Kier alpha value is -1.74. The third-order valence-electron chi connectivity index (χ3n) is 3.29. The average Bonchev–Trinajstić information content (AvgIpc) is 2.47. The minimum absolute atomic E-state index is 0.0380. The lowest BCUT2D eigenvalue weighted by Crippen LogP contribution is -2.11. The van der Waals surface area contributed by atoms with Crippen molar-refractivity contribution in [1.82, 2.24) is 0 Å². The molecule has 0 aromatic heterocycles. The van der Waals surface area contributed by atoms with E-state index in [-0.39, 0.29) is 11.5 Å². The fourth-order valence-corrected chi connectivity index (χ4v) is 3.24. The second-order valence-corrected chi connectivity index (χ2v) is 6.15. The molecule has 0 saturated carbocycles. The van der Waals surface area contributed by atoms with E-state index in [1.54, 1.807) is 0 Å². The molecule has 104 valence electrons. The van der Waals surface area contributed by atoms with Crippen LogP contribution in [0.15, 0.2) is 53.4 Å². The van der Waals surface area contributed by atoms with Crippen molar-refractivity contribution in [2.24, 2.45) is 0 Å². The second-order valence-electron chi connectivity index (χ2n) is 4.73. The standard InChI is InChI=1S/C17H18O2S/c1-3-14-8-10-15(11-9-14)16(18)12-20(19)17-7-5-4-6-13(17)2/h4-11H,3,12H2,1-2H3. The first-order valence-corrected chi connectivity index (χ1v) is 8.00. The van der Waals surface area contributed by atoms with Crippen LogP contribution in [0.25, 0.3) is 0 Å². The van der Waals surface area contributed by atoms with Crippen molar-refractivity contribution < 1.29 is 9.00 Å². The van der Waals surface area contributed by atoms with Gasteiger partial charge in [-0.15, -0.1) is 0 Å². The number of rotatable bonds is 5. The molecule has 0 bridgehead atoms. The van der Waals surface area contributed by atoms with Gasteiger partial charge in [0.2, 0.25) is 0 Å². The zero-order chi connectivity index (χ0) is 14.5. The van der Waals surface area contributed by atoms with E-state index >= 15 is 0 Å². The number of hydrogen-bond donors (Lipinski definition) is 0. The van der Waals surface area contributed by atoms with Crippen molar-refractivity contribution in [3.63, 3.8) is 0 Å². The van der Waals surface area contributed by atoms with Crippen LogP contribution in [0, 0.1) is 6.92 Å². The maximum Gasteiger partial charge on any atom is 0.175 e. The first-order chi connectivity index (χ1) is 9.61. The molecule has 20 heavy (non-hydrogen) atoms. The van der Waals surface area contributed by atoms with Gasteiger partial charge >= 0.3 is 0 Å². The Bertz CT molecular complexity index is 630. The summed E-state index contributed by atoms with van der Waals surface area (Å²) in [5.41, 5.74) is 2.78. The number of benzene rings is 2. The van der Waals surface area contributed by atoms with E-state index in [2.05, 4.69) is 6.92 Å². The maximum atomic E-state index is 12.3. The van der Waals surface area contributed by atoms with Gasteiger partial charge in [0, 0.05) is 10.5 Å². The summed E-state index contributed by atoms with van der Waals surface area (Å²) in [6.45, 7) is 3.98. The van der Waals surface area contributed by atoms with Gasteiger partial charge in [-0.25, -0.2) is 0 Å². The number of carbonyl (C=O) groups excluding carboxylic acids is 1. The van der Waals surface area contributed by atoms with E-state index in [0.717, 1.165) is 16.9 Å². The van der Waals surface area contributed by atoms with Gasteiger partial charge in [0.25, 0.3) is 0 Å². The highest BCUT2D eigenvalue weighted by atomic mass is 32.2. The molecule has 3 heteroatoms. The summed E-state index contributed by atoms with van der Waals surface area (Å²) in [5, 5.41) is 0. The van der Waals surface area contributed by atoms with Gasteiger partial charge in [-0.05, 0) is 30.5 Å². The first-order valence-electron chi connectivity index (χ1n) is 6.68. The summed E-state index contributed by atoms with van der Waals surface area (Å²) in [6, 6.07) is 15.0. The van der Waals surface area contributed by atoms with E-state index in [0.29, 0.717) is 5.56 Å². The topological polar surface area (TPSA) is 34.1 Å². The molecule has 2 rings (SSSR count). The Morgan fingerprint density at radius 3 is 2.30 bits per heavy atom. The predicted molar refractivity (Wildman–Crippen MR) is 82.6 cm³/mol. The lowest BCUT2D eigenvalue weighted by Gasteiger charge is -2.06. The quantitative estimate of drug-likeness (QED) is 0.788. The molecule has 0 saturated heterocycles. The molecule has 0 spiro atoms. The molecular formula is C17H18O2S. The molecule has 2 aromatic rings. The third-order valence-corrected chi connectivity index (χ3v) is 4.76. The number of aryl methyl sites for hydroxylation is 2. The smallest absolute Gasteiger partial charge is 0.175 e. The number of hydrogen-bond acceptors (Lipinski definition) is 2. The number of Topliss-reactive ketones (excluding diaryl/α,β-unsaturated/α-hetero) is 1. The summed E-state index contributed by atoms with van der Waals surface area (Å²) in [5.74, 6) is -0.0368. The average molecular weight is 286 g/mol. The monoisotopic (exact) mass is 286 g/mol. The van der Waals surface area contributed by atoms with E-state index in [1.807, 2.05) is 55.5 Å². The Balaban J connectivity index is 2.11. The van der Waals surface area contributed by atoms with E-state index in [1.165, 1.54) is 5.56 Å². The fraction of sp³-hybridized carbons (Fsp3) is 0.235. The van der Waals surface area contributed by atoms with Gasteiger partial charge in [-0.3, -0.25) is 9.00 Å². The van der Waals surface area contributed by atoms with Crippen LogP contribution in [0.1, 0.15) is 28.4 Å². The molecular weight excluding hydrogens is 268 g/mol. The summed E-state index contributed by atoms with van der Waals surface area (Å²) < 4.78 is 12.3. The zero-order valence-electron chi connectivity index (χ0n) is 11.8. The predicted octanol–water partition coefficient (Wildman–Crippen LogP) is 3.55. The molecule has 0 N–H and O–H groups in total. The number of carbonyl (C=O) groups is 1.